The highest BCUT2D eigenvalue weighted by molar-refractivity contribution is 5.65. The van der Waals surface area contributed by atoms with Gasteiger partial charge in [0.25, 0.3) is 0 Å². The number of nitrogen functional groups attached to an aromatic ring is 1. The Balaban J connectivity index is 2.55. The zero-order chi connectivity index (χ0) is 14.7. The molecule has 0 spiro atoms. The molecule has 5 nitrogen and oxygen atoms in total. The van der Waals surface area contributed by atoms with Gasteiger partial charge in [-0.05, 0) is 24.1 Å². The molecule has 0 fully saturated rings. The molecule has 0 saturated heterocycles. The van der Waals surface area contributed by atoms with Crippen molar-refractivity contribution in [1.29, 1.82) is 0 Å². The van der Waals surface area contributed by atoms with E-state index < -0.39 is 0 Å². The van der Waals surface area contributed by atoms with Crippen molar-refractivity contribution in [2.45, 2.75) is 19.8 Å². The Morgan fingerprint density at radius 3 is 2.05 bits per heavy atom. The van der Waals surface area contributed by atoms with Gasteiger partial charge in [-0.1, -0.05) is 13.8 Å². The first-order chi connectivity index (χ1) is 9.53. The van der Waals surface area contributed by atoms with Crippen LogP contribution >= 0.6 is 0 Å². The molecule has 2 aromatic rings. The molecule has 0 unspecified atom stereocenters. The number of ether oxygens (including phenoxy) is 2. The summed E-state index contributed by atoms with van der Waals surface area (Å²) in [5.41, 5.74) is 8.35. The molecule has 2 N–H and O–H groups in total. The van der Waals surface area contributed by atoms with Crippen molar-refractivity contribution in [3.05, 3.63) is 30.0 Å². The van der Waals surface area contributed by atoms with Crippen LogP contribution in [0.25, 0.3) is 11.3 Å². The predicted molar refractivity (Wildman–Crippen MR) is 79.1 cm³/mol. The van der Waals surface area contributed by atoms with E-state index >= 15 is 0 Å². The van der Waals surface area contributed by atoms with Crippen molar-refractivity contribution in [2.75, 3.05) is 20.0 Å². The molecule has 0 bridgehead atoms. The molecule has 1 aromatic heterocycles. The van der Waals surface area contributed by atoms with Gasteiger partial charge in [-0.25, -0.2) is 9.97 Å². The third-order valence-electron chi connectivity index (χ3n) is 3.00. The third kappa shape index (κ3) is 2.99. The smallest absolute Gasteiger partial charge is 0.220 e. The lowest BCUT2D eigenvalue weighted by Crippen LogP contribution is -2.02. The van der Waals surface area contributed by atoms with Gasteiger partial charge in [0.1, 0.15) is 11.5 Å². The fourth-order valence-electron chi connectivity index (χ4n) is 1.88. The summed E-state index contributed by atoms with van der Waals surface area (Å²) in [4.78, 5) is 8.54. The molecule has 0 aliphatic heterocycles. The number of hydrogen-bond donors (Lipinski definition) is 1. The SMILES string of the molecule is COc1cc(OC)cc(-c2cc(C(C)C)nc(N)n2)c1. The van der Waals surface area contributed by atoms with Crippen molar-refractivity contribution in [2.24, 2.45) is 0 Å². The van der Waals surface area contributed by atoms with E-state index in [1.165, 1.54) is 0 Å². The fraction of sp³-hybridized carbons (Fsp3) is 0.333. The van der Waals surface area contributed by atoms with Crippen molar-refractivity contribution >= 4 is 5.95 Å². The number of methoxy groups -OCH3 is 2. The number of rotatable bonds is 4. The van der Waals surface area contributed by atoms with E-state index in [0.29, 0.717) is 11.5 Å². The van der Waals surface area contributed by atoms with Gasteiger partial charge in [0.2, 0.25) is 5.95 Å². The first-order valence-corrected chi connectivity index (χ1v) is 6.41. The molecular weight excluding hydrogens is 254 g/mol. The summed E-state index contributed by atoms with van der Waals surface area (Å²) in [5.74, 6) is 1.98. The average molecular weight is 273 g/mol. The van der Waals surface area contributed by atoms with E-state index in [4.69, 9.17) is 15.2 Å². The zero-order valence-corrected chi connectivity index (χ0v) is 12.2. The standard InChI is InChI=1S/C15H19N3O2/c1-9(2)13-8-14(18-15(16)17-13)10-5-11(19-3)7-12(6-10)20-4/h5-9H,1-4H3,(H2,16,17,18). The van der Waals surface area contributed by atoms with Gasteiger partial charge < -0.3 is 15.2 Å². The summed E-state index contributed by atoms with van der Waals surface area (Å²) < 4.78 is 10.5. The van der Waals surface area contributed by atoms with Gasteiger partial charge >= 0.3 is 0 Å². The monoisotopic (exact) mass is 273 g/mol. The summed E-state index contributed by atoms with van der Waals surface area (Å²) >= 11 is 0. The normalized spacial score (nSPS) is 10.7. The highest BCUT2D eigenvalue weighted by atomic mass is 16.5. The first-order valence-electron chi connectivity index (χ1n) is 6.41. The van der Waals surface area contributed by atoms with Crippen LogP contribution in [0.1, 0.15) is 25.5 Å². The van der Waals surface area contributed by atoms with Crippen LogP contribution < -0.4 is 15.2 Å². The topological polar surface area (TPSA) is 70.3 Å². The van der Waals surface area contributed by atoms with Crippen LogP contribution in [-0.2, 0) is 0 Å². The summed E-state index contributed by atoms with van der Waals surface area (Å²) in [6.45, 7) is 4.13. The second-order valence-corrected chi connectivity index (χ2v) is 4.79. The maximum Gasteiger partial charge on any atom is 0.220 e. The molecule has 0 amide bonds. The van der Waals surface area contributed by atoms with Gasteiger partial charge in [0.15, 0.2) is 0 Å². The van der Waals surface area contributed by atoms with Crippen LogP contribution in [0.15, 0.2) is 24.3 Å². The Labute approximate surface area is 118 Å². The molecule has 20 heavy (non-hydrogen) atoms. The Hall–Kier alpha value is -2.30. The van der Waals surface area contributed by atoms with E-state index in [0.717, 1.165) is 17.0 Å². The van der Waals surface area contributed by atoms with Crippen LogP contribution in [0.5, 0.6) is 11.5 Å². The molecule has 1 heterocycles. The lowest BCUT2D eigenvalue weighted by molar-refractivity contribution is 0.394. The molecule has 1 aromatic carbocycles. The first kappa shape index (κ1) is 14.1. The predicted octanol–water partition coefficient (Wildman–Crippen LogP) is 2.87. The van der Waals surface area contributed by atoms with E-state index in [1.54, 1.807) is 14.2 Å². The number of aromatic nitrogens is 2. The van der Waals surface area contributed by atoms with E-state index in [9.17, 15) is 0 Å². The van der Waals surface area contributed by atoms with Gasteiger partial charge in [-0.15, -0.1) is 0 Å². The summed E-state index contributed by atoms with van der Waals surface area (Å²) in [5, 5.41) is 0. The van der Waals surface area contributed by atoms with Crippen molar-refractivity contribution < 1.29 is 9.47 Å². The lowest BCUT2D eigenvalue weighted by atomic mass is 10.1. The van der Waals surface area contributed by atoms with Gasteiger partial charge in [0, 0.05) is 17.3 Å². The summed E-state index contributed by atoms with van der Waals surface area (Å²) in [6.07, 6.45) is 0. The highest BCUT2D eigenvalue weighted by Crippen LogP contribution is 2.30. The van der Waals surface area contributed by atoms with Crippen LogP contribution in [-0.4, -0.2) is 24.2 Å². The van der Waals surface area contributed by atoms with Crippen LogP contribution in [0, 0.1) is 0 Å². The molecule has 106 valence electrons. The number of hydrogen-bond acceptors (Lipinski definition) is 5. The zero-order valence-electron chi connectivity index (χ0n) is 12.2. The average Bonchev–Trinajstić information content (AvgIpc) is 2.45. The summed E-state index contributed by atoms with van der Waals surface area (Å²) in [6, 6.07) is 7.55. The Bertz CT molecular complexity index is 590. The fourth-order valence-corrected chi connectivity index (χ4v) is 1.88. The molecule has 2 rings (SSSR count). The highest BCUT2D eigenvalue weighted by Gasteiger charge is 2.10. The molecule has 0 atom stereocenters. The lowest BCUT2D eigenvalue weighted by Gasteiger charge is -2.11. The number of anilines is 1. The van der Waals surface area contributed by atoms with Gasteiger partial charge in [0.05, 0.1) is 19.9 Å². The molecule has 0 aliphatic rings. The van der Waals surface area contributed by atoms with E-state index in [1.807, 2.05) is 24.3 Å². The van der Waals surface area contributed by atoms with Gasteiger partial charge in [-0.2, -0.15) is 0 Å². The minimum atomic E-state index is 0.271. The molecular formula is C15H19N3O2. The van der Waals surface area contributed by atoms with Crippen molar-refractivity contribution in [3.8, 4) is 22.8 Å². The Kier molecular flexibility index (Phi) is 4.08. The Morgan fingerprint density at radius 2 is 1.55 bits per heavy atom. The minimum Gasteiger partial charge on any atom is -0.497 e. The van der Waals surface area contributed by atoms with Crippen LogP contribution in [0.3, 0.4) is 0 Å². The largest absolute Gasteiger partial charge is 0.497 e. The quantitative estimate of drug-likeness (QED) is 0.927. The van der Waals surface area contributed by atoms with Gasteiger partial charge in [-0.3, -0.25) is 0 Å². The summed E-state index contributed by atoms with van der Waals surface area (Å²) in [7, 11) is 3.23. The number of nitrogens with zero attached hydrogens (tertiary/aromatic N) is 2. The minimum absolute atomic E-state index is 0.271. The molecule has 0 aliphatic carbocycles. The molecule has 5 heteroatoms. The maximum atomic E-state index is 5.79. The van der Waals surface area contributed by atoms with Crippen molar-refractivity contribution in [3.63, 3.8) is 0 Å². The molecule has 0 saturated carbocycles. The second-order valence-electron chi connectivity index (χ2n) is 4.79. The van der Waals surface area contributed by atoms with E-state index in [2.05, 4.69) is 23.8 Å². The van der Waals surface area contributed by atoms with Crippen molar-refractivity contribution in [1.82, 2.24) is 9.97 Å². The number of benzene rings is 1. The Morgan fingerprint density at radius 1 is 0.950 bits per heavy atom. The van der Waals surface area contributed by atoms with Crippen LogP contribution in [0.4, 0.5) is 5.95 Å². The van der Waals surface area contributed by atoms with E-state index in [-0.39, 0.29) is 11.9 Å². The molecule has 0 radical (unpaired) electrons. The maximum absolute atomic E-state index is 5.79. The number of nitrogens with two attached hydrogens (primary N) is 1. The third-order valence-corrected chi connectivity index (χ3v) is 3.00. The second kappa shape index (κ2) is 5.77. The van der Waals surface area contributed by atoms with Crippen LogP contribution in [0.2, 0.25) is 0 Å².